The minimum atomic E-state index is -4.50. The smallest absolute Gasteiger partial charge is 0.416 e. The van der Waals surface area contributed by atoms with Crippen LogP contribution < -0.4 is 14.8 Å². The van der Waals surface area contributed by atoms with Gasteiger partial charge in [0.05, 0.1) is 11.6 Å². The number of esters is 1. The van der Waals surface area contributed by atoms with Crippen LogP contribution in [0.1, 0.15) is 34.6 Å². The molecule has 0 saturated carbocycles. The molecule has 1 N–H and O–H groups in total. The summed E-state index contributed by atoms with van der Waals surface area (Å²) in [5, 5.41) is 2.70. The average Bonchev–Trinajstić information content (AvgIpc) is 3.46. The Bertz CT molecular complexity index is 1190. The summed E-state index contributed by atoms with van der Waals surface area (Å²) in [5.74, 6) is -0.436. The molecule has 1 aliphatic heterocycles. The lowest BCUT2D eigenvalue weighted by Gasteiger charge is -2.14. The molecule has 0 saturated heterocycles. The van der Waals surface area contributed by atoms with E-state index in [1.54, 1.807) is 25.1 Å². The van der Waals surface area contributed by atoms with Crippen molar-refractivity contribution in [2.24, 2.45) is 0 Å². The van der Waals surface area contributed by atoms with E-state index < -0.39 is 30.2 Å². The average molecular weight is 461 g/mol. The number of nitrogens with one attached hydrogen (secondary N) is 1. The quantitative estimate of drug-likeness (QED) is 0.535. The van der Waals surface area contributed by atoms with Crippen LogP contribution >= 0.6 is 0 Å². The largest absolute Gasteiger partial charge is 0.454 e. The van der Waals surface area contributed by atoms with Crippen LogP contribution in [0.25, 0.3) is 11.3 Å². The highest BCUT2D eigenvalue weighted by molar-refractivity contribution is 5.89. The van der Waals surface area contributed by atoms with Crippen molar-refractivity contribution in [1.29, 1.82) is 0 Å². The molecule has 7 nitrogen and oxygen atoms in total. The van der Waals surface area contributed by atoms with Crippen LogP contribution in [-0.2, 0) is 15.7 Å². The highest BCUT2D eigenvalue weighted by atomic mass is 19.4. The zero-order valence-electron chi connectivity index (χ0n) is 17.3. The molecule has 0 bridgehead atoms. The van der Waals surface area contributed by atoms with Gasteiger partial charge in [-0.2, -0.15) is 13.2 Å². The molecule has 1 atom stereocenters. The molecule has 0 spiro atoms. The van der Waals surface area contributed by atoms with E-state index in [2.05, 4.69) is 5.32 Å². The fourth-order valence-corrected chi connectivity index (χ4v) is 3.20. The number of halogens is 3. The first-order chi connectivity index (χ1) is 15.7. The van der Waals surface area contributed by atoms with Crippen molar-refractivity contribution in [2.45, 2.75) is 19.1 Å². The van der Waals surface area contributed by atoms with Crippen LogP contribution in [-0.4, -0.2) is 25.3 Å². The van der Waals surface area contributed by atoms with Gasteiger partial charge in [-0.3, -0.25) is 4.79 Å². The highest BCUT2D eigenvalue weighted by Crippen LogP contribution is 2.34. The Hall–Kier alpha value is -3.95. The van der Waals surface area contributed by atoms with Gasteiger partial charge in [0.15, 0.2) is 18.1 Å². The Kier molecular flexibility index (Phi) is 5.99. The minimum Gasteiger partial charge on any atom is -0.454 e. The number of rotatable bonds is 6. The first kappa shape index (κ1) is 22.3. The van der Waals surface area contributed by atoms with Crippen LogP contribution in [0.15, 0.2) is 59.0 Å². The van der Waals surface area contributed by atoms with Gasteiger partial charge in [0.2, 0.25) is 12.6 Å². The Labute approximate surface area is 186 Å². The van der Waals surface area contributed by atoms with Gasteiger partial charge < -0.3 is 23.9 Å². The molecule has 1 aromatic heterocycles. The fourth-order valence-electron chi connectivity index (χ4n) is 3.20. The van der Waals surface area contributed by atoms with Crippen molar-refractivity contribution >= 4 is 11.9 Å². The Morgan fingerprint density at radius 3 is 2.64 bits per heavy atom. The molecule has 0 fully saturated rings. The minimum absolute atomic E-state index is 0.0638. The van der Waals surface area contributed by atoms with E-state index in [-0.39, 0.29) is 29.9 Å². The monoisotopic (exact) mass is 461 g/mol. The van der Waals surface area contributed by atoms with Crippen molar-refractivity contribution in [3.63, 3.8) is 0 Å². The standard InChI is InChI=1S/C23H18F3NO6/c1-13(14-5-6-18-20(10-14)32-12-31-18)27-21(28)11-30-22(29)19-8-7-17(33-19)15-3-2-4-16(9-15)23(24,25)26/h2-10,13H,11-12H2,1H3,(H,27,28). The van der Waals surface area contributed by atoms with E-state index in [0.717, 1.165) is 17.7 Å². The third kappa shape index (κ3) is 5.11. The SMILES string of the molecule is CC(NC(=O)COC(=O)c1ccc(-c2cccc(C(F)(F)F)c2)o1)c1ccc2c(c1)OCO2. The van der Waals surface area contributed by atoms with E-state index in [1.165, 1.54) is 24.3 Å². The maximum atomic E-state index is 12.9. The molecule has 1 unspecified atom stereocenters. The summed E-state index contributed by atoms with van der Waals surface area (Å²) in [6, 6.07) is 12.0. The third-order valence-electron chi connectivity index (χ3n) is 4.89. The highest BCUT2D eigenvalue weighted by Gasteiger charge is 2.30. The van der Waals surface area contributed by atoms with E-state index in [0.29, 0.717) is 11.5 Å². The number of carbonyl (C=O) groups is 2. The van der Waals surface area contributed by atoms with Crippen molar-refractivity contribution in [2.75, 3.05) is 13.4 Å². The predicted molar refractivity (Wildman–Crippen MR) is 109 cm³/mol. The van der Waals surface area contributed by atoms with E-state index in [9.17, 15) is 22.8 Å². The summed E-state index contributed by atoms with van der Waals surface area (Å²) >= 11 is 0. The number of benzene rings is 2. The lowest BCUT2D eigenvalue weighted by molar-refractivity contribution is -0.137. The van der Waals surface area contributed by atoms with Gasteiger partial charge in [-0.25, -0.2) is 4.79 Å². The maximum absolute atomic E-state index is 12.9. The van der Waals surface area contributed by atoms with Crippen molar-refractivity contribution in [1.82, 2.24) is 5.32 Å². The number of ether oxygens (including phenoxy) is 3. The Morgan fingerprint density at radius 2 is 1.85 bits per heavy atom. The second kappa shape index (κ2) is 8.89. The molecule has 4 rings (SSSR count). The van der Waals surface area contributed by atoms with Crippen molar-refractivity contribution in [3.05, 3.63) is 71.5 Å². The Morgan fingerprint density at radius 1 is 1.06 bits per heavy atom. The zero-order chi connectivity index (χ0) is 23.6. The van der Waals surface area contributed by atoms with Crippen molar-refractivity contribution < 1.29 is 41.4 Å². The number of amides is 1. The second-order valence-electron chi connectivity index (χ2n) is 7.22. The first-order valence-electron chi connectivity index (χ1n) is 9.84. The molecule has 0 radical (unpaired) electrons. The van der Waals surface area contributed by atoms with Gasteiger partial charge in [0.1, 0.15) is 5.76 Å². The summed E-state index contributed by atoms with van der Waals surface area (Å²) < 4.78 is 59.5. The number of alkyl halides is 3. The number of hydrogen-bond acceptors (Lipinski definition) is 6. The summed E-state index contributed by atoms with van der Waals surface area (Å²) in [6.07, 6.45) is -4.50. The molecule has 3 aromatic rings. The molecule has 1 aliphatic rings. The van der Waals surface area contributed by atoms with Gasteiger partial charge >= 0.3 is 12.1 Å². The first-order valence-corrected chi connectivity index (χ1v) is 9.84. The lowest BCUT2D eigenvalue weighted by Crippen LogP contribution is -2.31. The summed E-state index contributed by atoms with van der Waals surface area (Å²) in [4.78, 5) is 24.4. The second-order valence-corrected chi connectivity index (χ2v) is 7.22. The molecule has 33 heavy (non-hydrogen) atoms. The number of hydrogen-bond donors (Lipinski definition) is 1. The van der Waals surface area contributed by atoms with Crippen molar-refractivity contribution in [3.8, 4) is 22.8 Å². The summed E-state index contributed by atoms with van der Waals surface area (Å²) in [7, 11) is 0. The number of furan rings is 1. The number of carbonyl (C=O) groups excluding carboxylic acids is 2. The van der Waals surface area contributed by atoms with E-state index in [1.807, 2.05) is 0 Å². The van der Waals surface area contributed by atoms with Crippen LogP contribution in [0.3, 0.4) is 0 Å². The molecule has 172 valence electrons. The topological polar surface area (TPSA) is 87.0 Å². The molecule has 2 aromatic carbocycles. The maximum Gasteiger partial charge on any atom is 0.416 e. The van der Waals surface area contributed by atoms with Gasteiger partial charge in [-0.15, -0.1) is 0 Å². The van der Waals surface area contributed by atoms with Gasteiger partial charge in [-0.05, 0) is 48.9 Å². The summed E-state index contributed by atoms with van der Waals surface area (Å²) in [5.41, 5.74) is 0.0867. The van der Waals surface area contributed by atoms with Gasteiger partial charge in [0.25, 0.3) is 5.91 Å². The zero-order valence-corrected chi connectivity index (χ0v) is 17.3. The fraction of sp³-hybridized carbons (Fsp3) is 0.217. The molecular formula is C23H18F3NO6. The molecule has 0 aliphatic carbocycles. The molecule has 2 heterocycles. The van der Waals surface area contributed by atoms with Gasteiger partial charge in [-0.1, -0.05) is 18.2 Å². The predicted octanol–water partition coefficient (Wildman–Crippen LogP) is 4.73. The normalized spacial score (nSPS) is 13.5. The number of fused-ring (bicyclic) bond motifs is 1. The Balaban J connectivity index is 1.33. The van der Waals surface area contributed by atoms with Gasteiger partial charge in [0, 0.05) is 5.56 Å². The molecule has 1 amide bonds. The van der Waals surface area contributed by atoms with Crippen LogP contribution in [0.4, 0.5) is 13.2 Å². The third-order valence-corrected chi connectivity index (χ3v) is 4.89. The summed E-state index contributed by atoms with van der Waals surface area (Å²) in [6.45, 7) is 1.33. The van der Waals surface area contributed by atoms with Crippen LogP contribution in [0.2, 0.25) is 0 Å². The van der Waals surface area contributed by atoms with Crippen LogP contribution in [0, 0.1) is 0 Å². The van der Waals surface area contributed by atoms with E-state index in [4.69, 9.17) is 18.6 Å². The molecular weight excluding hydrogens is 443 g/mol. The van der Waals surface area contributed by atoms with Crippen LogP contribution in [0.5, 0.6) is 11.5 Å². The molecule has 10 heteroatoms. The van der Waals surface area contributed by atoms with E-state index >= 15 is 0 Å². The lowest BCUT2D eigenvalue weighted by atomic mass is 10.1.